The maximum absolute atomic E-state index is 4.98. The van der Waals surface area contributed by atoms with Crippen LogP contribution >= 0.6 is 0 Å². The molecule has 1 N–H and O–H groups in total. The van der Waals surface area contributed by atoms with Crippen molar-refractivity contribution in [1.82, 2.24) is 25.5 Å². The number of hydrogen-bond acceptors (Lipinski definition) is 6. The summed E-state index contributed by atoms with van der Waals surface area (Å²) in [5, 5.41) is 11.2. The Hall–Kier alpha value is -2.08. The van der Waals surface area contributed by atoms with Crippen LogP contribution in [0.25, 0.3) is 11.5 Å². The van der Waals surface area contributed by atoms with E-state index in [-0.39, 0.29) is 0 Å². The minimum atomic E-state index is 0.476. The molecule has 0 atom stereocenters. The number of nitrogens with zero attached hydrogens (tertiary/aromatic N) is 4. The van der Waals surface area contributed by atoms with Gasteiger partial charge in [-0.15, -0.1) is 10.2 Å². The fourth-order valence-corrected chi connectivity index (χ4v) is 1.64. The van der Waals surface area contributed by atoms with Crippen molar-refractivity contribution in [3.63, 3.8) is 0 Å². The van der Waals surface area contributed by atoms with Crippen molar-refractivity contribution in [1.29, 1.82) is 0 Å². The second-order valence-corrected chi connectivity index (χ2v) is 4.07. The third-order valence-electron chi connectivity index (χ3n) is 2.54. The minimum absolute atomic E-state index is 0.476. The zero-order valence-electron chi connectivity index (χ0n) is 11.3. The monoisotopic (exact) mass is 259 g/mol. The van der Waals surface area contributed by atoms with Crippen LogP contribution in [-0.4, -0.2) is 33.8 Å². The molecule has 0 aliphatic carbocycles. The molecule has 0 spiro atoms. The van der Waals surface area contributed by atoms with Gasteiger partial charge in [0, 0.05) is 18.3 Å². The van der Waals surface area contributed by atoms with Gasteiger partial charge in [0.2, 0.25) is 5.88 Å². The Morgan fingerprint density at radius 3 is 2.68 bits per heavy atom. The van der Waals surface area contributed by atoms with Crippen molar-refractivity contribution in [3.8, 4) is 17.4 Å². The Labute approximate surface area is 112 Å². The van der Waals surface area contributed by atoms with E-state index in [0.717, 1.165) is 24.5 Å². The van der Waals surface area contributed by atoms with Crippen LogP contribution in [-0.2, 0) is 6.54 Å². The van der Waals surface area contributed by atoms with Gasteiger partial charge in [-0.05, 0) is 25.6 Å². The molecular weight excluding hydrogens is 242 g/mol. The van der Waals surface area contributed by atoms with Crippen molar-refractivity contribution in [3.05, 3.63) is 29.6 Å². The SMILES string of the molecule is CCNCc1cc(C)nc(-c2ccc(OC)nn2)n1. The first-order valence-corrected chi connectivity index (χ1v) is 6.16. The van der Waals surface area contributed by atoms with Crippen molar-refractivity contribution >= 4 is 0 Å². The predicted molar refractivity (Wildman–Crippen MR) is 71.7 cm³/mol. The lowest BCUT2D eigenvalue weighted by Gasteiger charge is -2.06. The number of aryl methyl sites for hydroxylation is 1. The maximum atomic E-state index is 4.98. The van der Waals surface area contributed by atoms with E-state index < -0.39 is 0 Å². The summed E-state index contributed by atoms with van der Waals surface area (Å²) >= 11 is 0. The smallest absolute Gasteiger partial charge is 0.233 e. The normalized spacial score (nSPS) is 10.5. The lowest BCUT2D eigenvalue weighted by molar-refractivity contribution is 0.392. The molecule has 6 heteroatoms. The molecule has 2 heterocycles. The molecule has 2 aromatic rings. The van der Waals surface area contributed by atoms with Crippen LogP contribution in [0.3, 0.4) is 0 Å². The predicted octanol–water partition coefficient (Wildman–Crippen LogP) is 1.36. The third kappa shape index (κ3) is 3.45. The van der Waals surface area contributed by atoms with Gasteiger partial charge in [-0.25, -0.2) is 9.97 Å². The number of rotatable bonds is 5. The molecule has 2 rings (SSSR count). The zero-order chi connectivity index (χ0) is 13.7. The highest BCUT2D eigenvalue weighted by Gasteiger charge is 2.07. The van der Waals surface area contributed by atoms with Gasteiger partial charge in [0.1, 0.15) is 5.69 Å². The highest BCUT2D eigenvalue weighted by molar-refractivity contribution is 5.48. The molecule has 100 valence electrons. The van der Waals surface area contributed by atoms with Gasteiger partial charge in [0.15, 0.2) is 5.82 Å². The van der Waals surface area contributed by atoms with E-state index in [2.05, 4.69) is 32.4 Å². The van der Waals surface area contributed by atoms with E-state index in [0.29, 0.717) is 17.4 Å². The average molecular weight is 259 g/mol. The van der Waals surface area contributed by atoms with Crippen LogP contribution in [0.2, 0.25) is 0 Å². The van der Waals surface area contributed by atoms with Crippen LogP contribution in [0.4, 0.5) is 0 Å². The zero-order valence-corrected chi connectivity index (χ0v) is 11.3. The largest absolute Gasteiger partial charge is 0.480 e. The van der Waals surface area contributed by atoms with E-state index in [4.69, 9.17) is 4.74 Å². The standard InChI is InChI=1S/C13H17N5O/c1-4-14-8-10-7-9(2)15-13(16-10)11-5-6-12(19-3)18-17-11/h5-7,14H,4,8H2,1-3H3. The highest BCUT2D eigenvalue weighted by Crippen LogP contribution is 2.14. The molecule has 19 heavy (non-hydrogen) atoms. The number of nitrogens with one attached hydrogen (secondary N) is 1. The summed E-state index contributed by atoms with van der Waals surface area (Å²) in [7, 11) is 1.56. The Kier molecular flexibility index (Phi) is 4.35. The quantitative estimate of drug-likeness (QED) is 0.874. The average Bonchev–Trinajstić information content (AvgIpc) is 2.44. The van der Waals surface area contributed by atoms with Gasteiger partial charge in [-0.1, -0.05) is 6.92 Å². The van der Waals surface area contributed by atoms with Gasteiger partial charge >= 0.3 is 0 Å². The second-order valence-electron chi connectivity index (χ2n) is 4.07. The Bertz CT molecular complexity index is 541. The summed E-state index contributed by atoms with van der Waals surface area (Å²) in [6.07, 6.45) is 0. The highest BCUT2D eigenvalue weighted by atomic mass is 16.5. The fourth-order valence-electron chi connectivity index (χ4n) is 1.64. The minimum Gasteiger partial charge on any atom is -0.480 e. The van der Waals surface area contributed by atoms with Gasteiger partial charge < -0.3 is 10.1 Å². The first-order chi connectivity index (χ1) is 9.22. The molecule has 0 amide bonds. The van der Waals surface area contributed by atoms with Crippen LogP contribution in [0.1, 0.15) is 18.3 Å². The molecule has 0 saturated carbocycles. The summed E-state index contributed by atoms with van der Waals surface area (Å²) in [5.74, 6) is 1.06. The number of ether oxygens (including phenoxy) is 1. The molecule has 0 fully saturated rings. The lowest BCUT2D eigenvalue weighted by atomic mass is 10.3. The number of aromatic nitrogens is 4. The second kappa shape index (κ2) is 6.19. The van der Waals surface area contributed by atoms with Crippen molar-refractivity contribution in [2.75, 3.05) is 13.7 Å². The molecule has 6 nitrogen and oxygen atoms in total. The van der Waals surface area contributed by atoms with E-state index >= 15 is 0 Å². The maximum Gasteiger partial charge on any atom is 0.233 e. The van der Waals surface area contributed by atoms with Crippen LogP contribution in [0.5, 0.6) is 5.88 Å². The van der Waals surface area contributed by atoms with Gasteiger partial charge in [-0.2, -0.15) is 0 Å². The van der Waals surface area contributed by atoms with E-state index in [1.54, 1.807) is 19.2 Å². The van der Waals surface area contributed by atoms with Gasteiger partial charge in [-0.3, -0.25) is 0 Å². The molecule has 0 aliphatic heterocycles. The Morgan fingerprint density at radius 1 is 1.21 bits per heavy atom. The summed E-state index contributed by atoms with van der Waals surface area (Å²) in [4.78, 5) is 8.87. The van der Waals surface area contributed by atoms with E-state index in [1.807, 2.05) is 13.0 Å². The summed E-state index contributed by atoms with van der Waals surface area (Å²) in [6, 6.07) is 5.51. The molecule has 0 aliphatic rings. The summed E-state index contributed by atoms with van der Waals surface area (Å²) in [5.41, 5.74) is 2.50. The molecule has 0 aromatic carbocycles. The van der Waals surface area contributed by atoms with Crippen molar-refractivity contribution in [2.45, 2.75) is 20.4 Å². The molecule has 2 aromatic heterocycles. The van der Waals surface area contributed by atoms with Crippen LogP contribution in [0.15, 0.2) is 18.2 Å². The molecule has 0 unspecified atom stereocenters. The topological polar surface area (TPSA) is 72.8 Å². The Morgan fingerprint density at radius 2 is 2.05 bits per heavy atom. The number of hydrogen-bond donors (Lipinski definition) is 1. The van der Waals surface area contributed by atoms with Gasteiger partial charge in [0.05, 0.1) is 12.8 Å². The van der Waals surface area contributed by atoms with Crippen LogP contribution in [0, 0.1) is 6.92 Å². The van der Waals surface area contributed by atoms with Gasteiger partial charge in [0.25, 0.3) is 0 Å². The van der Waals surface area contributed by atoms with Crippen molar-refractivity contribution in [2.24, 2.45) is 0 Å². The number of methoxy groups -OCH3 is 1. The Balaban J connectivity index is 2.29. The first kappa shape index (κ1) is 13.4. The first-order valence-electron chi connectivity index (χ1n) is 6.16. The fraction of sp³-hybridized carbons (Fsp3) is 0.385. The summed E-state index contributed by atoms with van der Waals surface area (Å²) < 4.78 is 4.98. The van der Waals surface area contributed by atoms with E-state index in [9.17, 15) is 0 Å². The molecule has 0 saturated heterocycles. The van der Waals surface area contributed by atoms with Crippen molar-refractivity contribution < 1.29 is 4.74 Å². The molecule has 0 bridgehead atoms. The summed E-state index contributed by atoms with van der Waals surface area (Å²) in [6.45, 7) is 5.62. The molecular formula is C13H17N5O. The van der Waals surface area contributed by atoms with Crippen LogP contribution < -0.4 is 10.1 Å². The molecule has 0 radical (unpaired) electrons. The third-order valence-corrected chi connectivity index (χ3v) is 2.54. The lowest BCUT2D eigenvalue weighted by Crippen LogP contribution is -2.14. The van der Waals surface area contributed by atoms with E-state index in [1.165, 1.54) is 0 Å².